The molecule has 0 radical (unpaired) electrons. The molecule has 0 bridgehead atoms. The minimum atomic E-state index is -1.41. The van der Waals surface area contributed by atoms with Gasteiger partial charge in [0.05, 0.1) is 0 Å². The smallest absolute Gasteiger partial charge is 0.147 e. The molecule has 1 aliphatic carbocycles. The normalized spacial score (nSPS) is 16.8. The average molecular weight is 346 g/mol. The van der Waals surface area contributed by atoms with Gasteiger partial charge >= 0.3 is 108 Å². The molecule has 1 unspecified atom stereocenters. The molecule has 0 amide bonds. The number of allylic oxidation sites excluding steroid dienone is 2. The number of halogens is 2. The topological polar surface area (TPSA) is 9.23 Å². The molecule has 0 aliphatic heterocycles. The van der Waals surface area contributed by atoms with Crippen LogP contribution in [-0.4, -0.2) is 22.8 Å². The minimum Gasteiger partial charge on any atom is -0.147 e. The van der Waals surface area contributed by atoms with Gasteiger partial charge in [-0.1, -0.05) is 0 Å². The standard InChI is InChI=1S/C11H21OSi2.2ClH.Ti/c1-13(2)11(12-14(3,4)5)10-8-6-7-9-10;;;/h6,8,11,13H,7H2,1-5H3;2*1H;. The Morgan fingerprint density at radius 1 is 1.29 bits per heavy atom. The molecule has 0 saturated heterocycles. The van der Waals surface area contributed by atoms with Crippen molar-refractivity contribution >= 4 is 41.9 Å². The van der Waals surface area contributed by atoms with Gasteiger partial charge in [0, 0.05) is 0 Å². The van der Waals surface area contributed by atoms with Crippen molar-refractivity contribution in [3.63, 3.8) is 0 Å². The summed E-state index contributed by atoms with van der Waals surface area (Å²) in [6.07, 6.45) is 5.68. The SMILES string of the molecule is C[SiH](C)C(O[Si](C)(C)C)C1=[C]([Ti])CC=C1.Cl.Cl. The molecule has 1 nitrogen and oxygen atoms in total. The van der Waals surface area contributed by atoms with Gasteiger partial charge < -0.3 is 0 Å². The second-order valence-corrected chi connectivity index (χ2v) is 13.9. The summed E-state index contributed by atoms with van der Waals surface area (Å²) >= 11 is 2.24. The Bertz CT molecular complexity index is 298. The quantitative estimate of drug-likeness (QED) is 0.703. The van der Waals surface area contributed by atoms with E-state index >= 15 is 0 Å². The molecule has 0 aromatic rings. The summed E-state index contributed by atoms with van der Waals surface area (Å²) < 4.78 is 7.86. The molecule has 17 heavy (non-hydrogen) atoms. The summed E-state index contributed by atoms with van der Waals surface area (Å²) in [5, 5.41) is 0. The molecule has 1 atom stereocenters. The summed E-state index contributed by atoms with van der Waals surface area (Å²) in [5.41, 5.74) is 1.93. The van der Waals surface area contributed by atoms with Gasteiger partial charge in [0.1, 0.15) is 0 Å². The van der Waals surface area contributed by atoms with Crippen molar-refractivity contribution in [1.82, 2.24) is 0 Å². The van der Waals surface area contributed by atoms with E-state index in [0.29, 0.717) is 5.73 Å². The van der Waals surface area contributed by atoms with Crippen LogP contribution >= 0.6 is 24.8 Å². The Labute approximate surface area is 132 Å². The average Bonchev–Trinajstić information content (AvgIpc) is 2.45. The van der Waals surface area contributed by atoms with E-state index in [2.05, 4.69) is 65.3 Å². The molecular weight excluding hydrogens is 323 g/mol. The van der Waals surface area contributed by atoms with E-state index in [4.69, 9.17) is 4.43 Å². The van der Waals surface area contributed by atoms with Gasteiger partial charge in [-0.2, -0.15) is 0 Å². The van der Waals surface area contributed by atoms with E-state index < -0.39 is 17.1 Å². The van der Waals surface area contributed by atoms with Crippen LogP contribution in [-0.2, 0) is 24.9 Å². The van der Waals surface area contributed by atoms with E-state index in [1.165, 1.54) is 9.45 Å². The first-order valence-electron chi connectivity index (χ1n) is 5.60. The predicted octanol–water partition coefficient (Wildman–Crippen LogP) is 3.84. The molecule has 0 aromatic carbocycles. The van der Waals surface area contributed by atoms with E-state index in [1.54, 1.807) is 0 Å². The van der Waals surface area contributed by atoms with Crippen molar-refractivity contribution in [3.05, 3.63) is 21.6 Å². The summed E-state index contributed by atoms with van der Waals surface area (Å²) in [4.78, 5) is 0. The molecule has 0 aromatic heterocycles. The first-order valence-corrected chi connectivity index (χ1v) is 12.8. The van der Waals surface area contributed by atoms with Gasteiger partial charge in [-0.05, 0) is 0 Å². The maximum Gasteiger partial charge on any atom is -0.147 e. The summed E-state index contributed by atoms with van der Waals surface area (Å²) in [6.45, 7) is 11.6. The van der Waals surface area contributed by atoms with Crippen LogP contribution in [0.15, 0.2) is 21.6 Å². The summed E-state index contributed by atoms with van der Waals surface area (Å²) in [7, 11) is -2.19. The largest absolute Gasteiger partial charge is 0.147 e. The van der Waals surface area contributed by atoms with Gasteiger partial charge in [-0.25, -0.2) is 0 Å². The maximum absolute atomic E-state index is 6.35. The third kappa shape index (κ3) is 6.76. The van der Waals surface area contributed by atoms with Crippen molar-refractivity contribution in [2.24, 2.45) is 0 Å². The summed E-state index contributed by atoms with van der Waals surface area (Å²) in [6, 6.07) is 0. The van der Waals surface area contributed by atoms with Crippen molar-refractivity contribution in [2.45, 2.75) is 44.9 Å². The fourth-order valence-corrected chi connectivity index (χ4v) is 6.76. The van der Waals surface area contributed by atoms with Crippen LogP contribution in [0, 0.1) is 0 Å². The van der Waals surface area contributed by atoms with Crippen LogP contribution in [0.1, 0.15) is 6.42 Å². The van der Waals surface area contributed by atoms with Gasteiger partial charge in [0.25, 0.3) is 0 Å². The fraction of sp³-hybridized carbons (Fsp3) is 0.636. The van der Waals surface area contributed by atoms with Crippen molar-refractivity contribution in [2.75, 3.05) is 0 Å². The Morgan fingerprint density at radius 3 is 2.12 bits per heavy atom. The van der Waals surface area contributed by atoms with E-state index in [9.17, 15) is 0 Å². The predicted molar refractivity (Wildman–Crippen MR) is 82.4 cm³/mol. The fourth-order valence-electron chi connectivity index (χ4n) is 1.73. The Kier molecular flexibility index (Phi) is 10.1. The van der Waals surface area contributed by atoms with Crippen LogP contribution in [0.5, 0.6) is 0 Å². The zero-order valence-electron chi connectivity index (χ0n) is 11.2. The van der Waals surface area contributed by atoms with Crippen LogP contribution in [0.25, 0.3) is 0 Å². The van der Waals surface area contributed by atoms with Crippen LogP contribution in [0.2, 0.25) is 32.7 Å². The van der Waals surface area contributed by atoms with Crippen molar-refractivity contribution in [3.8, 4) is 0 Å². The molecule has 6 heteroatoms. The second kappa shape index (κ2) is 8.36. The molecule has 1 aliphatic rings. The van der Waals surface area contributed by atoms with Crippen molar-refractivity contribution in [1.29, 1.82) is 0 Å². The third-order valence-electron chi connectivity index (χ3n) is 2.36. The van der Waals surface area contributed by atoms with E-state index in [0.717, 1.165) is 6.42 Å². The number of rotatable bonds is 4. The third-order valence-corrected chi connectivity index (χ3v) is 6.07. The zero-order valence-corrected chi connectivity index (χ0v) is 16.6. The molecule has 1 rings (SSSR count). The first-order chi connectivity index (χ1) is 6.81. The minimum absolute atomic E-state index is 0. The Morgan fingerprint density at radius 2 is 1.82 bits per heavy atom. The molecule has 0 spiro atoms. The zero-order chi connectivity index (χ0) is 11.6. The summed E-state index contributed by atoms with van der Waals surface area (Å²) in [5.74, 6) is 0. The molecular formula is C11H23Cl2OSi2Ti. The van der Waals surface area contributed by atoms with Gasteiger partial charge in [-0.3, -0.25) is 0 Å². The monoisotopic (exact) mass is 345 g/mol. The van der Waals surface area contributed by atoms with Crippen LogP contribution in [0.4, 0.5) is 0 Å². The maximum atomic E-state index is 6.35. The van der Waals surface area contributed by atoms with E-state index in [1.807, 2.05) is 0 Å². The molecule has 0 N–H and O–H groups in total. The molecule has 0 saturated carbocycles. The van der Waals surface area contributed by atoms with Crippen LogP contribution in [0.3, 0.4) is 0 Å². The number of hydrogen-bond donors (Lipinski definition) is 0. The van der Waals surface area contributed by atoms with E-state index in [-0.39, 0.29) is 24.8 Å². The van der Waals surface area contributed by atoms with Gasteiger partial charge in [0.2, 0.25) is 0 Å². The van der Waals surface area contributed by atoms with Crippen molar-refractivity contribution < 1.29 is 24.9 Å². The van der Waals surface area contributed by atoms with Gasteiger partial charge in [-0.15, -0.1) is 24.8 Å². The molecule has 99 valence electrons. The number of hydrogen-bond acceptors (Lipinski definition) is 1. The second-order valence-electron chi connectivity index (χ2n) is 5.44. The Balaban J connectivity index is 0. The Hall–Kier alpha value is 1.17. The molecule has 0 fully saturated rings. The van der Waals surface area contributed by atoms with Crippen LogP contribution < -0.4 is 0 Å². The van der Waals surface area contributed by atoms with Gasteiger partial charge in [0.15, 0.2) is 0 Å². The first kappa shape index (κ1) is 20.5. The molecule has 0 heterocycles.